The summed E-state index contributed by atoms with van der Waals surface area (Å²) >= 11 is 0. The van der Waals surface area contributed by atoms with Crippen LogP contribution >= 0.6 is 0 Å². The van der Waals surface area contributed by atoms with Crippen LogP contribution in [0.4, 0.5) is 17.1 Å². The maximum absolute atomic E-state index is 6.34. The minimum Gasteiger partial charge on any atom is -0.455 e. The molecule has 0 saturated carbocycles. The summed E-state index contributed by atoms with van der Waals surface area (Å²) in [5.74, 6) is 0. The molecule has 2 nitrogen and oxygen atoms in total. The van der Waals surface area contributed by atoms with E-state index in [-0.39, 0.29) is 5.41 Å². The van der Waals surface area contributed by atoms with Gasteiger partial charge in [-0.3, -0.25) is 0 Å². The lowest BCUT2D eigenvalue weighted by atomic mass is 9.82. The zero-order valence-corrected chi connectivity index (χ0v) is 26.4. The number of hydrogen-bond donors (Lipinski definition) is 0. The molecule has 0 atom stereocenters. The molecule has 0 radical (unpaired) electrons. The molecule has 1 aromatic heterocycles. The lowest BCUT2D eigenvalue weighted by Crippen LogP contribution is -2.14. The van der Waals surface area contributed by atoms with Gasteiger partial charge in [-0.1, -0.05) is 129 Å². The second kappa shape index (κ2) is 10.6. The van der Waals surface area contributed by atoms with E-state index < -0.39 is 0 Å². The monoisotopic (exact) mass is 603 g/mol. The molecule has 0 N–H and O–H groups in total. The zero-order chi connectivity index (χ0) is 31.5. The molecule has 0 fully saturated rings. The largest absolute Gasteiger partial charge is 0.455 e. The van der Waals surface area contributed by atoms with Crippen molar-refractivity contribution in [3.63, 3.8) is 0 Å². The lowest BCUT2D eigenvalue weighted by molar-refractivity contribution is 0.660. The van der Waals surface area contributed by atoms with Gasteiger partial charge in [-0.05, 0) is 87.5 Å². The van der Waals surface area contributed by atoms with Crippen LogP contribution in [0.5, 0.6) is 0 Å². The molecule has 2 heteroatoms. The van der Waals surface area contributed by atoms with Crippen LogP contribution in [0, 0.1) is 0 Å². The van der Waals surface area contributed by atoms with Crippen LogP contribution in [-0.2, 0) is 5.41 Å². The zero-order valence-electron chi connectivity index (χ0n) is 26.4. The Labute approximate surface area is 275 Å². The third kappa shape index (κ3) is 4.40. The molecule has 0 unspecified atom stereocenters. The Kier molecular flexibility index (Phi) is 6.20. The second-order valence-corrected chi connectivity index (χ2v) is 13.0. The maximum atomic E-state index is 6.34. The van der Waals surface area contributed by atoms with Gasteiger partial charge in [0, 0.05) is 38.8 Å². The number of furan rings is 1. The van der Waals surface area contributed by atoms with Crippen LogP contribution < -0.4 is 4.90 Å². The molecule has 1 aliphatic rings. The van der Waals surface area contributed by atoms with Crippen molar-refractivity contribution in [3.8, 4) is 33.4 Å². The molecule has 7 aromatic carbocycles. The number of para-hydroxylation sites is 3. The van der Waals surface area contributed by atoms with Crippen molar-refractivity contribution >= 4 is 39.0 Å². The van der Waals surface area contributed by atoms with Crippen LogP contribution in [0.2, 0.25) is 0 Å². The fourth-order valence-corrected chi connectivity index (χ4v) is 7.49. The number of hydrogen-bond acceptors (Lipinski definition) is 2. The van der Waals surface area contributed by atoms with Crippen molar-refractivity contribution < 1.29 is 4.42 Å². The third-order valence-electron chi connectivity index (χ3n) is 9.90. The fourth-order valence-electron chi connectivity index (χ4n) is 7.49. The molecular formula is C45H33NO. The Morgan fingerprint density at radius 1 is 0.426 bits per heavy atom. The standard InChI is InChI=1S/C45H33NO/c1-45(2)41-17-8-6-13-37(41)40-29-32(23-28-42(40)45)30-19-24-34(25-20-30)46(33-11-4-3-5-12-33)35-26-21-31(22-27-35)36-15-10-16-39-38-14-7-9-18-43(38)47-44(36)39/h3-29H,1-2H3. The molecule has 1 heterocycles. The van der Waals surface area contributed by atoms with Gasteiger partial charge in [0.15, 0.2) is 0 Å². The van der Waals surface area contributed by atoms with Gasteiger partial charge in [0.25, 0.3) is 0 Å². The highest BCUT2D eigenvalue weighted by molar-refractivity contribution is 6.09. The normalized spacial score (nSPS) is 13.1. The number of rotatable bonds is 5. The van der Waals surface area contributed by atoms with Gasteiger partial charge in [0.2, 0.25) is 0 Å². The molecule has 0 amide bonds. The van der Waals surface area contributed by atoms with Crippen LogP contribution in [-0.4, -0.2) is 0 Å². The van der Waals surface area contributed by atoms with Gasteiger partial charge >= 0.3 is 0 Å². The van der Waals surface area contributed by atoms with Crippen LogP contribution in [0.15, 0.2) is 168 Å². The first kappa shape index (κ1) is 27.5. The first-order valence-electron chi connectivity index (χ1n) is 16.3. The van der Waals surface area contributed by atoms with Crippen LogP contribution in [0.1, 0.15) is 25.0 Å². The number of benzene rings is 7. The van der Waals surface area contributed by atoms with E-state index in [1.165, 1.54) is 33.4 Å². The number of nitrogens with zero attached hydrogens (tertiary/aromatic N) is 1. The van der Waals surface area contributed by atoms with Crippen molar-refractivity contribution in [3.05, 3.63) is 175 Å². The molecule has 0 aliphatic heterocycles. The second-order valence-electron chi connectivity index (χ2n) is 13.0. The predicted molar refractivity (Wildman–Crippen MR) is 197 cm³/mol. The van der Waals surface area contributed by atoms with Gasteiger partial charge in [0.1, 0.15) is 11.2 Å². The predicted octanol–water partition coefficient (Wildman–Crippen LogP) is 12.7. The summed E-state index contributed by atoms with van der Waals surface area (Å²) in [6, 6.07) is 58.8. The summed E-state index contributed by atoms with van der Waals surface area (Å²) in [7, 11) is 0. The maximum Gasteiger partial charge on any atom is 0.143 e. The summed E-state index contributed by atoms with van der Waals surface area (Å²) in [6.45, 7) is 4.66. The van der Waals surface area contributed by atoms with Crippen molar-refractivity contribution in [2.75, 3.05) is 4.90 Å². The Hall–Kier alpha value is -5.86. The van der Waals surface area contributed by atoms with Crippen molar-refractivity contribution in [2.45, 2.75) is 19.3 Å². The Morgan fingerprint density at radius 2 is 1.00 bits per heavy atom. The van der Waals surface area contributed by atoms with E-state index in [0.717, 1.165) is 50.1 Å². The van der Waals surface area contributed by atoms with Crippen LogP contribution in [0.3, 0.4) is 0 Å². The van der Waals surface area contributed by atoms with E-state index in [2.05, 4.69) is 170 Å². The summed E-state index contributed by atoms with van der Waals surface area (Å²) in [4.78, 5) is 2.32. The number of anilines is 3. The highest BCUT2D eigenvalue weighted by atomic mass is 16.3. The Morgan fingerprint density at radius 3 is 1.79 bits per heavy atom. The molecule has 0 bridgehead atoms. The molecule has 224 valence electrons. The minimum absolute atomic E-state index is 0.0125. The SMILES string of the molecule is CC1(C)c2ccccc2-c2cc(-c3ccc(N(c4ccccc4)c4ccc(-c5cccc6c5oc5ccccc56)cc4)cc3)ccc21. The average molecular weight is 604 g/mol. The molecule has 47 heavy (non-hydrogen) atoms. The summed E-state index contributed by atoms with van der Waals surface area (Å²) in [5.41, 5.74) is 15.3. The van der Waals surface area contributed by atoms with Gasteiger partial charge in [-0.15, -0.1) is 0 Å². The summed E-state index contributed by atoms with van der Waals surface area (Å²) in [6.07, 6.45) is 0. The van der Waals surface area contributed by atoms with E-state index in [1.807, 2.05) is 12.1 Å². The van der Waals surface area contributed by atoms with Crippen molar-refractivity contribution in [2.24, 2.45) is 0 Å². The number of fused-ring (bicyclic) bond motifs is 6. The van der Waals surface area contributed by atoms with E-state index in [9.17, 15) is 0 Å². The minimum atomic E-state index is 0.0125. The van der Waals surface area contributed by atoms with Gasteiger partial charge in [0.05, 0.1) is 0 Å². The molecule has 0 saturated heterocycles. The highest BCUT2D eigenvalue weighted by Crippen LogP contribution is 2.49. The lowest BCUT2D eigenvalue weighted by Gasteiger charge is -2.26. The van der Waals surface area contributed by atoms with E-state index in [4.69, 9.17) is 4.42 Å². The average Bonchev–Trinajstić information content (AvgIpc) is 3.62. The molecular weight excluding hydrogens is 571 g/mol. The molecule has 9 rings (SSSR count). The van der Waals surface area contributed by atoms with Crippen molar-refractivity contribution in [1.82, 2.24) is 0 Å². The molecule has 0 spiro atoms. The van der Waals surface area contributed by atoms with Gasteiger partial charge in [-0.25, -0.2) is 0 Å². The fraction of sp³-hybridized carbons (Fsp3) is 0.0667. The van der Waals surface area contributed by atoms with Crippen molar-refractivity contribution in [1.29, 1.82) is 0 Å². The van der Waals surface area contributed by atoms with E-state index in [1.54, 1.807) is 0 Å². The van der Waals surface area contributed by atoms with E-state index in [0.29, 0.717) is 0 Å². The molecule has 1 aliphatic carbocycles. The van der Waals surface area contributed by atoms with Gasteiger partial charge < -0.3 is 9.32 Å². The Bertz CT molecular complexity index is 2410. The van der Waals surface area contributed by atoms with Gasteiger partial charge in [-0.2, -0.15) is 0 Å². The van der Waals surface area contributed by atoms with Crippen LogP contribution in [0.25, 0.3) is 55.3 Å². The highest BCUT2D eigenvalue weighted by Gasteiger charge is 2.35. The summed E-state index contributed by atoms with van der Waals surface area (Å²) < 4.78 is 6.34. The molecule has 8 aromatic rings. The Balaban J connectivity index is 1.08. The third-order valence-corrected chi connectivity index (χ3v) is 9.90. The topological polar surface area (TPSA) is 16.4 Å². The van der Waals surface area contributed by atoms with E-state index >= 15 is 0 Å². The summed E-state index contributed by atoms with van der Waals surface area (Å²) in [5, 5.41) is 2.29. The first-order chi connectivity index (χ1) is 23.1. The first-order valence-corrected chi connectivity index (χ1v) is 16.3. The quantitative estimate of drug-likeness (QED) is 0.195. The smallest absolute Gasteiger partial charge is 0.143 e.